The zero-order valence-corrected chi connectivity index (χ0v) is 19.6. The normalized spacial score (nSPS) is 19.0. The number of sulfonamides is 1. The highest BCUT2D eigenvalue weighted by Crippen LogP contribution is 2.29. The monoisotopic (exact) mass is 487 g/mol. The van der Waals surface area contributed by atoms with Crippen LogP contribution in [0.4, 0.5) is 5.69 Å². The van der Waals surface area contributed by atoms with Crippen LogP contribution in [-0.2, 0) is 19.6 Å². The van der Waals surface area contributed by atoms with Crippen molar-refractivity contribution in [1.82, 2.24) is 4.90 Å². The predicted octanol–water partition coefficient (Wildman–Crippen LogP) is 3.06. The molecule has 0 spiro atoms. The number of amides is 3. The van der Waals surface area contributed by atoms with Crippen LogP contribution in [0.3, 0.4) is 0 Å². The molecular weight excluding hydrogens is 462 g/mol. The first-order chi connectivity index (χ1) is 15.8. The van der Waals surface area contributed by atoms with E-state index in [-0.39, 0.29) is 22.9 Å². The fraction of sp³-hybridized carbons (Fsp3) is 0.348. The summed E-state index contributed by atoms with van der Waals surface area (Å²) in [7, 11) is -3.89. The van der Waals surface area contributed by atoms with Gasteiger partial charge in [0.05, 0.1) is 21.9 Å². The van der Waals surface area contributed by atoms with Crippen molar-refractivity contribution < 1.29 is 22.8 Å². The van der Waals surface area contributed by atoms with E-state index in [1.54, 1.807) is 17.5 Å². The lowest BCUT2D eigenvalue weighted by Crippen LogP contribution is -2.46. The number of carbonyl (C=O) groups excluding carboxylic acids is 3. The van der Waals surface area contributed by atoms with Gasteiger partial charge in [0.25, 0.3) is 11.8 Å². The van der Waals surface area contributed by atoms with E-state index in [0.717, 1.165) is 30.6 Å². The number of primary sulfonamides is 1. The Labute approximate surface area is 196 Å². The fourth-order valence-electron chi connectivity index (χ4n) is 4.25. The smallest absolute Gasteiger partial charge is 0.264 e. The van der Waals surface area contributed by atoms with Gasteiger partial charge in [-0.15, -0.1) is 11.3 Å². The number of imide groups is 1. The van der Waals surface area contributed by atoms with Crippen LogP contribution in [0.5, 0.6) is 0 Å². The number of hydrogen-bond donors (Lipinski definition) is 1. The summed E-state index contributed by atoms with van der Waals surface area (Å²) in [6.45, 7) is 0.352. The molecule has 0 saturated carbocycles. The Morgan fingerprint density at radius 1 is 1.15 bits per heavy atom. The Kier molecular flexibility index (Phi) is 6.78. The summed E-state index contributed by atoms with van der Waals surface area (Å²) in [5.74, 6) is -1.20. The third kappa shape index (κ3) is 5.07. The molecule has 2 aliphatic rings. The second-order valence-electron chi connectivity index (χ2n) is 8.16. The average molecular weight is 488 g/mol. The van der Waals surface area contributed by atoms with Crippen molar-refractivity contribution in [3.05, 3.63) is 58.3 Å². The zero-order valence-electron chi connectivity index (χ0n) is 18.0. The third-order valence-electron chi connectivity index (χ3n) is 5.97. The van der Waals surface area contributed by atoms with E-state index in [0.29, 0.717) is 17.8 Å². The third-order valence-corrected chi connectivity index (χ3v) is 7.76. The zero-order chi connectivity index (χ0) is 23.6. The summed E-state index contributed by atoms with van der Waals surface area (Å²) in [6, 6.07) is 7.83. The number of nitrogens with two attached hydrogens (primary N) is 1. The Hall–Kier alpha value is -2.82. The number of nitrogens with zero attached hydrogens (tertiary/aromatic N) is 2. The van der Waals surface area contributed by atoms with E-state index >= 15 is 0 Å². The lowest BCUT2D eigenvalue weighted by molar-refractivity contribution is -0.122. The van der Waals surface area contributed by atoms with E-state index in [2.05, 4.69) is 6.08 Å². The number of rotatable bonds is 7. The molecule has 4 rings (SSSR count). The van der Waals surface area contributed by atoms with Gasteiger partial charge in [0.1, 0.15) is 6.04 Å². The van der Waals surface area contributed by atoms with Gasteiger partial charge >= 0.3 is 0 Å². The number of benzene rings is 1. The van der Waals surface area contributed by atoms with Gasteiger partial charge in [-0.2, -0.15) is 0 Å². The number of anilines is 1. The standard InChI is InChI=1S/C23H25N3O5S2/c24-33(30,31)18-10-8-17(9-11-18)26-21(27)15-19(22(26)28)25(23(29)20-7-4-14-32-20)13-12-16-5-2-1-3-6-16/h4-5,7-11,14,19H,1-3,6,12-13,15H2,(H2,24,30,31). The minimum Gasteiger partial charge on any atom is -0.325 e. The second-order valence-corrected chi connectivity index (χ2v) is 10.7. The lowest BCUT2D eigenvalue weighted by Gasteiger charge is -2.28. The molecule has 2 heterocycles. The molecule has 1 aliphatic heterocycles. The van der Waals surface area contributed by atoms with E-state index < -0.39 is 27.9 Å². The SMILES string of the molecule is NS(=O)(=O)c1ccc(N2C(=O)CC(N(CCC3=CCCCC3)C(=O)c3cccs3)C2=O)cc1. The van der Waals surface area contributed by atoms with Crippen LogP contribution in [-0.4, -0.2) is 43.6 Å². The summed E-state index contributed by atoms with van der Waals surface area (Å²) in [5, 5.41) is 6.93. The van der Waals surface area contributed by atoms with E-state index in [9.17, 15) is 22.8 Å². The average Bonchev–Trinajstić information content (AvgIpc) is 3.43. The minimum absolute atomic E-state index is 0.114. The molecule has 10 heteroatoms. The number of carbonyl (C=O) groups is 3. The Bertz CT molecular complexity index is 1190. The Morgan fingerprint density at radius 2 is 1.91 bits per heavy atom. The number of allylic oxidation sites excluding steroid dienone is 1. The molecule has 1 aromatic heterocycles. The predicted molar refractivity (Wildman–Crippen MR) is 125 cm³/mol. The molecule has 0 bridgehead atoms. The molecule has 33 heavy (non-hydrogen) atoms. The molecule has 1 aliphatic carbocycles. The van der Waals surface area contributed by atoms with Gasteiger partial charge in [-0.1, -0.05) is 17.7 Å². The number of thiophene rings is 1. The van der Waals surface area contributed by atoms with Crippen molar-refractivity contribution in [2.45, 2.75) is 49.5 Å². The molecule has 1 unspecified atom stereocenters. The van der Waals surface area contributed by atoms with Gasteiger partial charge < -0.3 is 4.90 Å². The van der Waals surface area contributed by atoms with Crippen LogP contribution in [0.1, 0.15) is 48.2 Å². The molecule has 1 fully saturated rings. The molecule has 3 amide bonds. The van der Waals surface area contributed by atoms with Crippen molar-refractivity contribution in [3.8, 4) is 0 Å². The van der Waals surface area contributed by atoms with Crippen LogP contribution in [0.2, 0.25) is 0 Å². The maximum absolute atomic E-state index is 13.3. The van der Waals surface area contributed by atoms with Gasteiger partial charge in [-0.3, -0.25) is 14.4 Å². The van der Waals surface area contributed by atoms with Gasteiger partial charge in [0, 0.05) is 6.54 Å². The summed E-state index contributed by atoms with van der Waals surface area (Å²) in [5.41, 5.74) is 1.52. The highest BCUT2D eigenvalue weighted by Gasteiger charge is 2.44. The quantitative estimate of drug-likeness (QED) is 0.476. The van der Waals surface area contributed by atoms with E-state index in [1.165, 1.54) is 46.1 Å². The summed E-state index contributed by atoms with van der Waals surface area (Å²) >= 11 is 1.30. The van der Waals surface area contributed by atoms with Gasteiger partial charge in [-0.25, -0.2) is 18.5 Å². The van der Waals surface area contributed by atoms with E-state index in [1.807, 2.05) is 0 Å². The van der Waals surface area contributed by atoms with Crippen LogP contribution in [0.25, 0.3) is 0 Å². The highest BCUT2D eigenvalue weighted by molar-refractivity contribution is 7.89. The van der Waals surface area contributed by atoms with Crippen molar-refractivity contribution in [3.63, 3.8) is 0 Å². The first-order valence-corrected chi connectivity index (χ1v) is 13.2. The molecule has 2 aromatic rings. The molecule has 1 saturated heterocycles. The van der Waals surface area contributed by atoms with Gasteiger partial charge in [-0.05, 0) is 67.8 Å². The van der Waals surface area contributed by atoms with Crippen molar-refractivity contribution in [1.29, 1.82) is 0 Å². The van der Waals surface area contributed by atoms with Crippen LogP contribution < -0.4 is 10.0 Å². The molecule has 0 radical (unpaired) electrons. The van der Waals surface area contributed by atoms with Gasteiger partial charge in [0.15, 0.2) is 0 Å². The maximum atomic E-state index is 13.3. The molecular formula is C23H25N3O5S2. The first kappa shape index (κ1) is 23.3. The van der Waals surface area contributed by atoms with Crippen LogP contribution >= 0.6 is 11.3 Å². The molecule has 1 atom stereocenters. The second kappa shape index (κ2) is 9.58. The van der Waals surface area contributed by atoms with Crippen molar-refractivity contribution >= 4 is 44.8 Å². The molecule has 2 N–H and O–H groups in total. The Morgan fingerprint density at radius 3 is 2.52 bits per heavy atom. The molecule has 1 aromatic carbocycles. The van der Waals surface area contributed by atoms with Crippen LogP contribution in [0, 0.1) is 0 Å². The van der Waals surface area contributed by atoms with Crippen molar-refractivity contribution in [2.75, 3.05) is 11.4 Å². The first-order valence-electron chi connectivity index (χ1n) is 10.8. The lowest BCUT2D eigenvalue weighted by atomic mass is 9.97. The van der Waals surface area contributed by atoms with Crippen molar-refractivity contribution in [2.24, 2.45) is 5.14 Å². The summed E-state index contributed by atoms with van der Waals surface area (Å²) < 4.78 is 23.0. The highest BCUT2D eigenvalue weighted by atomic mass is 32.2. The van der Waals surface area contributed by atoms with Crippen LogP contribution in [0.15, 0.2) is 58.3 Å². The number of hydrogen-bond acceptors (Lipinski definition) is 6. The molecule has 174 valence electrons. The summed E-state index contributed by atoms with van der Waals surface area (Å²) in [6.07, 6.45) is 7.05. The summed E-state index contributed by atoms with van der Waals surface area (Å²) in [4.78, 5) is 42.3. The topological polar surface area (TPSA) is 118 Å². The maximum Gasteiger partial charge on any atom is 0.264 e. The Balaban J connectivity index is 1.58. The van der Waals surface area contributed by atoms with E-state index in [4.69, 9.17) is 5.14 Å². The van der Waals surface area contributed by atoms with Gasteiger partial charge in [0.2, 0.25) is 15.9 Å². The minimum atomic E-state index is -3.89. The largest absolute Gasteiger partial charge is 0.325 e. The fourth-order valence-corrected chi connectivity index (χ4v) is 5.45. The molecule has 8 nitrogen and oxygen atoms in total.